The van der Waals surface area contributed by atoms with E-state index in [-0.39, 0.29) is 0 Å². The average Bonchev–Trinajstić information content (AvgIpc) is 2.61. The maximum absolute atomic E-state index is 10.2. The fraction of sp³-hybridized carbons (Fsp3) is 0.357. The monoisotopic (exact) mass is 230 g/mol. The maximum Gasteiger partial charge on any atom is 0.0996 e. The molecule has 0 saturated heterocycles. The highest BCUT2D eigenvalue weighted by Crippen LogP contribution is 2.20. The van der Waals surface area contributed by atoms with Crippen molar-refractivity contribution in [1.29, 1.82) is 0 Å². The molecule has 1 atom stereocenters. The molecule has 1 aromatic heterocycles. The van der Waals surface area contributed by atoms with Crippen molar-refractivity contribution in [2.75, 3.05) is 0 Å². The van der Waals surface area contributed by atoms with E-state index in [0.29, 0.717) is 6.42 Å². The van der Waals surface area contributed by atoms with Crippen LogP contribution in [0.2, 0.25) is 0 Å². The minimum atomic E-state index is -0.498. The van der Waals surface area contributed by atoms with E-state index >= 15 is 0 Å². The second-order valence-corrected chi connectivity index (χ2v) is 4.48. The van der Waals surface area contributed by atoms with Crippen molar-refractivity contribution in [3.63, 3.8) is 0 Å². The van der Waals surface area contributed by atoms with Gasteiger partial charge >= 0.3 is 0 Å². The van der Waals surface area contributed by atoms with Gasteiger partial charge in [-0.05, 0) is 31.0 Å². The van der Waals surface area contributed by atoms with Crippen LogP contribution in [0.4, 0.5) is 0 Å². The lowest BCUT2D eigenvalue weighted by atomic mass is 10.0. The predicted molar refractivity (Wildman–Crippen MR) is 67.8 cm³/mol. The third-order valence-corrected chi connectivity index (χ3v) is 3.05. The van der Waals surface area contributed by atoms with Gasteiger partial charge in [0.15, 0.2) is 0 Å². The fourth-order valence-electron chi connectivity index (χ4n) is 2.09. The van der Waals surface area contributed by atoms with Crippen molar-refractivity contribution in [3.8, 4) is 0 Å². The van der Waals surface area contributed by atoms with Gasteiger partial charge in [-0.25, -0.2) is 0 Å². The lowest BCUT2D eigenvalue weighted by Crippen LogP contribution is -2.08. The summed E-state index contributed by atoms with van der Waals surface area (Å²) < 4.78 is 1.75. The molecule has 0 bridgehead atoms. The van der Waals surface area contributed by atoms with Gasteiger partial charge in [0, 0.05) is 13.5 Å². The molecule has 1 N–H and O–H groups in total. The summed E-state index contributed by atoms with van der Waals surface area (Å²) in [5.74, 6) is 0. The minimum Gasteiger partial charge on any atom is -0.386 e. The van der Waals surface area contributed by atoms with E-state index in [1.54, 1.807) is 4.68 Å². The molecule has 0 fully saturated rings. The van der Waals surface area contributed by atoms with Gasteiger partial charge < -0.3 is 5.11 Å². The van der Waals surface area contributed by atoms with E-state index in [2.05, 4.69) is 24.2 Å². The van der Waals surface area contributed by atoms with Crippen LogP contribution in [0.15, 0.2) is 30.3 Å². The molecule has 2 rings (SSSR count). The smallest absolute Gasteiger partial charge is 0.0996 e. The van der Waals surface area contributed by atoms with E-state index in [0.717, 1.165) is 11.4 Å². The van der Waals surface area contributed by atoms with Crippen molar-refractivity contribution >= 4 is 0 Å². The molecule has 0 aliphatic carbocycles. The van der Waals surface area contributed by atoms with E-state index in [9.17, 15) is 5.11 Å². The number of aliphatic hydroxyl groups is 1. The Morgan fingerprint density at radius 1 is 1.29 bits per heavy atom. The zero-order valence-corrected chi connectivity index (χ0v) is 10.5. The Bertz CT molecular complexity index is 517. The summed E-state index contributed by atoms with van der Waals surface area (Å²) in [7, 11) is 1.86. The maximum atomic E-state index is 10.2. The van der Waals surface area contributed by atoms with Gasteiger partial charge in [-0.1, -0.05) is 24.3 Å². The Kier molecular flexibility index (Phi) is 3.29. The number of aliphatic hydroxyl groups excluding tert-OH is 1. The van der Waals surface area contributed by atoms with Crippen molar-refractivity contribution < 1.29 is 5.11 Å². The van der Waals surface area contributed by atoms with Gasteiger partial charge in [-0.2, -0.15) is 5.10 Å². The van der Waals surface area contributed by atoms with Crippen LogP contribution in [0.3, 0.4) is 0 Å². The number of hydrogen-bond acceptors (Lipinski definition) is 2. The van der Waals surface area contributed by atoms with Crippen molar-refractivity contribution in [3.05, 3.63) is 52.8 Å². The molecular formula is C14H18N2O. The molecule has 2 aromatic rings. The normalized spacial score (nSPS) is 12.7. The van der Waals surface area contributed by atoms with E-state index in [1.807, 2.05) is 32.2 Å². The van der Waals surface area contributed by atoms with Gasteiger partial charge in [0.1, 0.15) is 0 Å². The van der Waals surface area contributed by atoms with Gasteiger partial charge in [-0.15, -0.1) is 0 Å². The number of aryl methyl sites for hydroxylation is 3. The van der Waals surface area contributed by atoms with Crippen LogP contribution in [0, 0.1) is 13.8 Å². The third kappa shape index (κ3) is 2.56. The highest BCUT2D eigenvalue weighted by molar-refractivity contribution is 5.27. The van der Waals surface area contributed by atoms with Crippen LogP contribution >= 0.6 is 0 Å². The Labute approximate surface area is 102 Å². The molecule has 90 valence electrons. The van der Waals surface area contributed by atoms with Gasteiger partial charge in [0.2, 0.25) is 0 Å². The number of nitrogens with zero attached hydrogens (tertiary/aromatic N) is 2. The lowest BCUT2D eigenvalue weighted by Gasteiger charge is -2.12. The third-order valence-electron chi connectivity index (χ3n) is 3.05. The first kappa shape index (κ1) is 11.9. The first-order valence-electron chi connectivity index (χ1n) is 5.81. The standard InChI is InChI=1S/C14H18N2O/c1-10-6-4-5-7-12(10)9-14(17)13-8-11(2)15-16(13)3/h4-8,14,17H,9H2,1-3H3. The molecule has 3 nitrogen and oxygen atoms in total. The summed E-state index contributed by atoms with van der Waals surface area (Å²) in [6.07, 6.45) is 0.133. The predicted octanol–water partition coefficient (Wildman–Crippen LogP) is 2.31. The fourth-order valence-corrected chi connectivity index (χ4v) is 2.09. The molecule has 0 radical (unpaired) electrons. The zero-order valence-electron chi connectivity index (χ0n) is 10.5. The van der Waals surface area contributed by atoms with Crippen LogP contribution in [-0.4, -0.2) is 14.9 Å². The number of hydrogen-bond donors (Lipinski definition) is 1. The van der Waals surface area contributed by atoms with Crippen LogP contribution in [0.5, 0.6) is 0 Å². The van der Waals surface area contributed by atoms with E-state index < -0.39 is 6.10 Å². The highest BCUT2D eigenvalue weighted by Gasteiger charge is 2.14. The second kappa shape index (κ2) is 4.72. The highest BCUT2D eigenvalue weighted by atomic mass is 16.3. The summed E-state index contributed by atoms with van der Waals surface area (Å²) in [5, 5.41) is 14.5. The molecular weight excluding hydrogens is 212 g/mol. The van der Waals surface area contributed by atoms with Crippen molar-refractivity contribution in [1.82, 2.24) is 9.78 Å². The van der Waals surface area contributed by atoms with Crippen LogP contribution in [0.1, 0.15) is 28.6 Å². The van der Waals surface area contributed by atoms with Crippen LogP contribution in [-0.2, 0) is 13.5 Å². The molecule has 3 heteroatoms. The largest absolute Gasteiger partial charge is 0.386 e. The van der Waals surface area contributed by atoms with Gasteiger partial charge in [-0.3, -0.25) is 4.68 Å². The van der Waals surface area contributed by atoms with E-state index in [1.165, 1.54) is 11.1 Å². The Morgan fingerprint density at radius 2 is 2.00 bits per heavy atom. The molecule has 0 amide bonds. The summed E-state index contributed by atoms with van der Waals surface area (Å²) >= 11 is 0. The van der Waals surface area contributed by atoms with Gasteiger partial charge in [0.05, 0.1) is 17.5 Å². The van der Waals surface area contributed by atoms with Crippen molar-refractivity contribution in [2.45, 2.75) is 26.4 Å². The summed E-state index contributed by atoms with van der Waals surface area (Å²) in [5.41, 5.74) is 4.20. The van der Waals surface area contributed by atoms with E-state index in [4.69, 9.17) is 0 Å². The SMILES string of the molecule is Cc1cc(C(O)Cc2ccccc2C)n(C)n1. The molecule has 1 aromatic carbocycles. The summed E-state index contributed by atoms with van der Waals surface area (Å²) in [4.78, 5) is 0. The lowest BCUT2D eigenvalue weighted by molar-refractivity contribution is 0.168. The molecule has 1 unspecified atom stereocenters. The first-order valence-corrected chi connectivity index (χ1v) is 5.81. The second-order valence-electron chi connectivity index (χ2n) is 4.48. The van der Waals surface area contributed by atoms with Crippen molar-refractivity contribution in [2.24, 2.45) is 7.05 Å². The average molecular weight is 230 g/mol. The van der Waals surface area contributed by atoms with Crippen LogP contribution in [0.25, 0.3) is 0 Å². The molecule has 0 spiro atoms. The molecule has 17 heavy (non-hydrogen) atoms. The number of benzene rings is 1. The van der Waals surface area contributed by atoms with Gasteiger partial charge in [0.25, 0.3) is 0 Å². The topological polar surface area (TPSA) is 38.0 Å². The number of rotatable bonds is 3. The first-order chi connectivity index (χ1) is 8.08. The minimum absolute atomic E-state index is 0.498. The Morgan fingerprint density at radius 3 is 2.59 bits per heavy atom. The molecule has 0 aliphatic rings. The zero-order chi connectivity index (χ0) is 12.4. The molecule has 1 heterocycles. The Hall–Kier alpha value is -1.61. The molecule has 0 saturated carbocycles. The number of aromatic nitrogens is 2. The molecule has 0 aliphatic heterocycles. The van der Waals surface area contributed by atoms with Crippen LogP contribution < -0.4 is 0 Å². The summed E-state index contributed by atoms with van der Waals surface area (Å²) in [6.45, 7) is 4.00. The quantitative estimate of drug-likeness (QED) is 0.878. The Balaban J connectivity index is 2.20. The summed E-state index contributed by atoms with van der Waals surface area (Å²) in [6, 6.07) is 10.1.